The number of rotatable bonds is 9. The molecule has 49 heavy (non-hydrogen) atoms. The van der Waals surface area contributed by atoms with Crippen LogP contribution in [0.4, 0.5) is 0 Å². The van der Waals surface area contributed by atoms with Crippen LogP contribution >= 0.6 is 31.9 Å². The molecule has 6 N–H and O–H groups in total. The van der Waals surface area contributed by atoms with E-state index in [1.54, 1.807) is 6.07 Å². The Morgan fingerprint density at radius 2 is 1.27 bits per heavy atom. The van der Waals surface area contributed by atoms with Gasteiger partial charge in [0.25, 0.3) is 0 Å². The molecule has 0 saturated heterocycles. The zero-order valence-electron chi connectivity index (χ0n) is 26.2. The monoisotopic (exact) mass is 828 g/mol. The number of benzene rings is 2. The SMILES string of the molecule is COc1cc(Br)c(C(=O)O)cc1O.COc1cc(Br)c(C=O)cc1O.NS(=O)(=O)O.[B][B].[B][B]B(B([B])[B])B(B([B])[B])B([B])[B].[Na+].[O-][Cl+][O-]. The standard InChI is InChI=1S/C8H7BrO4.C8H7BrO3.B13.B2.ClO2.H3NO3S.Na/c1-13-7-3-5(9)4(8(11)12)2-6(7)10;1-12-8-3-6(9)5(4-10)2-7(8)11;1-8-12(9(2)3)13(10(4)5)11(6)7;1-2;2-1-3;1-5(2,3)4;/h2-3,10H,1H3,(H,11,12);2-4,11H,1H3;;;;(H3,1,2,3,4);/q;;;;-1;;+1. The van der Waals surface area contributed by atoms with Crippen LogP contribution < -0.4 is 53.5 Å². The summed E-state index contributed by atoms with van der Waals surface area (Å²) in [6.07, 6.45) is -2.22. The number of aldehydes is 1. The maximum absolute atomic E-state index is 10.6. The first-order valence-corrected chi connectivity index (χ1v) is 15.7. The van der Waals surface area contributed by atoms with Crippen LogP contribution in [0.2, 0.25) is 0 Å². The first kappa shape index (κ1) is 58.1. The van der Waals surface area contributed by atoms with Crippen LogP contribution in [0, 0.1) is 11.3 Å². The topological polar surface area (TPSA) is 240 Å². The first-order chi connectivity index (χ1) is 22.1. The second-order valence-corrected chi connectivity index (χ2v) is 11.0. The van der Waals surface area contributed by atoms with E-state index in [9.17, 15) is 19.8 Å². The Balaban J connectivity index is -0.000000172. The number of methoxy groups -OCH3 is 2. The van der Waals surface area contributed by atoms with Gasteiger partial charge in [0.05, 0.1) is 31.1 Å². The Morgan fingerprint density at radius 3 is 1.51 bits per heavy atom. The van der Waals surface area contributed by atoms with E-state index in [0.717, 1.165) is 6.07 Å². The van der Waals surface area contributed by atoms with Crippen LogP contribution in [0.1, 0.15) is 20.7 Å². The Kier molecular flexibility index (Phi) is 38.5. The maximum atomic E-state index is 10.6. The minimum atomic E-state index is -4.17. The molecule has 33 heteroatoms. The van der Waals surface area contributed by atoms with Crippen molar-refractivity contribution in [2.24, 2.45) is 5.14 Å². The van der Waals surface area contributed by atoms with Crippen molar-refractivity contribution in [3.8, 4) is 23.0 Å². The molecule has 2 aromatic carbocycles. The number of carbonyl (C=O) groups excluding carboxylic acids is 1. The fraction of sp³-hybridized carbons (Fsp3) is 0.125. The third-order valence-electron chi connectivity index (χ3n) is 4.92. The third kappa shape index (κ3) is 28.0. The van der Waals surface area contributed by atoms with E-state index < -0.39 is 53.1 Å². The first-order valence-electron chi connectivity index (χ1n) is 12.0. The largest absolute Gasteiger partial charge is 1.00 e. The number of hydrogen-bond acceptors (Lipinski definition) is 10. The van der Waals surface area contributed by atoms with Crippen LogP contribution in [-0.4, -0.2) is 163 Å². The van der Waals surface area contributed by atoms with Crippen LogP contribution in [0.3, 0.4) is 0 Å². The van der Waals surface area contributed by atoms with Gasteiger partial charge < -0.3 is 34.1 Å². The molecule has 0 spiro atoms. The summed E-state index contributed by atoms with van der Waals surface area (Å²) < 4.78 is 52.3. The van der Waals surface area contributed by atoms with Crippen molar-refractivity contribution in [1.29, 1.82) is 0 Å². The van der Waals surface area contributed by atoms with Gasteiger partial charge in [-0.05, 0) is 56.1 Å². The Hall–Kier alpha value is -0.206. The van der Waals surface area contributed by atoms with Gasteiger partial charge in [0.1, 0.15) is 0 Å². The summed E-state index contributed by atoms with van der Waals surface area (Å²) in [5.74, 6) is -0.764. The normalized spacial score (nSPS) is 8.82. The molecular formula is C16H17B15Br2ClNNaO12S. The molecule has 0 unspecified atom stereocenters. The zero-order chi connectivity index (χ0) is 38.9. The van der Waals surface area contributed by atoms with E-state index in [1.807, 2.05) is 0 Å². The van der Waals surface area contributed by atoms with Gasteiger partial charge in [-0.2, -0.15) is 8.42 Å². The van der Waals surface area contributed by atoms with Crippen molar-refractivity contribution >= 4 is 163 Å². The molecule has 0 aliphatic rings. The van der Waals surface area contributed by atoms with Gasteiger partial charge in [-0.25, -0.2) is 9.93 Å². The molecule has 0 amide bonds. The Labute approximate surface area is 344 Å². The van der Waals surface area contributed by atoms with Crippen molar-refractivity contribution in [2.75, 3.05) is 14.2 Å². The predicted molar refractivity (Wildman–Crippen MR) is 199 cm³/mol. The van der Waals surface area contributed by atoms with Crippen molar-refractivity contribution < 1.29 is 97.6 Å². The summed E-state index contributed by atoms with van der Waals surface area (Å²) in [5, 5.41) is 31.1. The molecule has 231 valence electrons. The van der Waals surface area contributed by atoms with E-state index in [-0.39, 0.29) is 58.8 Å². The van der Waals surface area contributed by atoms with Gasteiger partial charge in [0, 0.05) is 123 Å². The summed E-state index contributed by atoms with van der Waals surface area (Å²) in [6, 6.07) is 5.42. The number of carboxylic acid groups (broad SMARTS) is 1. The molecule has 0 aliphatic carbocycles. The number of hydrogen-bond donors (Lipinski definition) is 5. The summed E-state index contributed by atoms with van der Waals surface area (Å²) in [7, 11) is 46.2. The number of ether oxygens (including phenoxy) is 2. The predicted octanol–water partition coefficient (Wildman–Crippen LogP) is -8.50. The molecule has 0 saturated carbocycles. The van der Waals surface area contributed by atoms with E-state index in [4.69, 9.17) is 91.0 Å². The van der Waals surface area contributed by atoms with E-state index in [0.29, 0.717) is 26.5 Å². The van der Waals surface area contributed by atoms with Crippen molar-refractivity contribution in [3.05, 3.63) is 44.3 Å². The average molecular weight is 828 g/mol. The van der Waals surface area contributed by atoms with Gasteiger partial charge in [-0.15, -0.1) is 0 Å². The summed E-state index contributed by atoms with van der Waals surface area (Å²) >= 11 is 5.79. The van der Waals surface area contributed by atoms with E-state index in [1.165, 1.54) is 33.4 Å². The van der Waals surface area contributed by atoms with Gasteiger partial charge in [0.15, 0.2) is 29.3 Å². The van der Waals surface area contributed by atoms with E-state index in [2.05, 4.69) is 52.5 Å². The molecule has 0 atom stereocenters. The number of aromatic hydroxyl groups is 2. The number of carbonyl (C=O) groups is 2. The molecular weight excluding hydrogens is 811 g/mol. The quantitative estimate of drug-likeness (QED) is 0.0901. The second kappa shape index (κ2) is 32.4. The zero-order valence-corrected chi connectivity index (χ0v) is 33.0. The number of aromatic carboxylic acids is 1. The smallest absolute Gasteiger partial charge is 0.544 e. The molecule has 0 aromatic heterocycles. The summed E-state index contributed by atoms with van der Waals surface area (Å²) in [6.45, 7) is 0. The van der Waals surface area contributed by atoms with Crippen molar-refractivity contribution in [3.63, 3.8) is 0 Å². The molecule has 2 aromatic rings. The molecule has 2 rings (SSSR count). The molecule has 0 fully saturated rings. The minimum Gasteiger partial charge on any atom is -0.544 e. The van der Waals surface area contributed by atoms with Crippen LogP contribution in [0.15, 0.2) is 33.2 Å². The summed E-state index contributed by atoms with van der Waals surface area (Å²) in [5.41, 5.74) is 0.395. The number of halogens is 3. The summed E-state index contributed by atoms with van der Waals surface area (Å²) in [4.78, 5) is 21.0. The Morgan fingerprint density at radius 1 is 0.918 bits per heavy atom. The average Bonchev–Trinajstić information content (AvgIpc) is 2.98. The Bertz CT molecular complexity index is 1320. The van der Waals surface area contributed by atoms with Crippen LogP contribution in [0.5, 0.6) is 23.0 Å². The van der Waals surface area contributed by atoms with Crippen LogP contribution in [-0.2, 0) is 10.3 Å². The van der Waals surface area contributed by atoms with E-state index >= 15 is 0 Å². The molecule has 0 aliphatic heterocycles. The van der Waals surface area contributed by atoms with Crippen LogP contribution in [0.25, 0.3) is 0 Å². The fourth-order valence-corrected chi connectivity index (χ4v) is 3.88. The minimum absolute atomic E-state index is 0. The number of phenolic OH excluding ortho intramolecular Hbond substituents is 2. The molecule has 19 radical (unpaired) electrons. The fourth-order valence-electron chi connectivity index (χ4n) is 2.97. The number of nitrogens with two attached hydrogens (primary N) is 1. The van der Waals surface area contributed by atoms with Gasteiger partial charge >= 0.3 is 45.8 Å². The number of carboxylic acids is 1. The molecule has 0 bridgehead atoms. The molecule has 0 heterocycles. The van der Waals surface area contributed by atoms with Crippen molar-refractivity contribution in [2.45, 2.75) is 0 Å². The maximum Gasteiger partial charge on any atom is 1.00 e. The van der Waals surface area contributed by atoms with Gasteiger partial charge in [0.2, 0.25) is 0 Å². The van der Waals surface area contributed by atoms with Crippen molar-refractivity contribution in [1.82, 2.24) is 0 Å². The number of phenols is 2. The molecule has 13 nitrogen and oxygen atoms in total. The van der Waals surface area contributed by atoms with Gasteiger partial charge in [-0.3, -0.25) is 9.35 Å². The third-order valence-corrected chi connectivity index (χ3v) is 6.27. The van der Waals surface area contributed by atoms with Gasteiger partial charge in [-0.1, -0.05) is 0 Å². The second-order valence-electron chi connectivity index (χ2n) is 8.13.